The maximum absolute atomic E-state index is 12.2. The maximum Gasteiger partial charge on any atom is 0.326 e. The van der Waals surface area contributed by atoms with Crippen molar-refractivity contribution in [2.45, 2.75) is 12.8 Å². The van der Waals surface area contributed by atoms with Crippen molar-refractivity contribution in [2.24, 2.45) is 11.8 Å². The molecule has 1 aromatic carbocycles. The number of ether oxygens (including phenoxy) is 1. The third-order valence-corrected chi connectivity index (χ3v) is 4.31. The molecule has 3 amide bonds. The summed E-state index contributed by atoms with van der Waals surface area (Å²) < 4.78 is 4.88. The number of carbonyl (C=O) groups excluding carboxylic acids is 4. The summed E-state index contributed by atoms with van der Waals surface area (Å²) in [4.78, 5) is 49.1. The van der Waals surface area contributed by atoms with E-state index >= 15 is 0 Å². The van der Waals surface area contributed by atoms with Crippen LogP contribution < -0.4 is 5.32 Å². The van der Waals surface area contributed by atoms with Gasteiger partial charge in [0.15, 0.2) is 6.61 Å². The summed E-state index contributed by atoms with van der Waals surface area (Å²) >= 11 is 0. The zero-order chi connectivity index (χ0) is 17.8. The molecular formula is C18H18N2O5. The van der Waals surface area contributed by atoms with Gasteiger partial charge in [-0.25, -0.2) is 0 Å². The van der Waals surface area contributed by atoms with E-state index in [1.807, 2.05) is 18.2 Å². The second-order valence-electron chi connectivity index (χ2n) is 5.99. The zero-order valence-corrected chi connectivity index (χ0v) is 13.5. The average molecular weight is 342 g/mol. The minimum atomic E-state index is -0.781. The van der Waals surface area contributed by atoms with Gasteiger partial charge < -0.3 is 10.1 Å². The summed E-state index contributed by atoms with van der Waals surface area (Å²) in [5.74, 6) is -2.72. The van der Waals surface area contributed by atoms with Crippen molar-refractivity contribution in [1.82, 2.24) is 4.90 Å². The molecule has 0 spiro atoms. The van der Waals surface area contributed by atoms with Crippen LogP contribution in [0.4, 0.5) is 5.69 Å². The van der Waals surface area contributed by atoms with E-state index in [2.05, 4.69) is 5.32 Å². The molecule has 1 aromatic rings. The predicted molar refractivity (Wildman–Crippen MR) is 88.1 cm³/mol. The number of anilines is 1. The van der Waals surface area contributed by atoms with E-state index in [1.54, 1.807) is 24.3 Å². The van der Waals surface area contributed by atoms with Gasteiger partial charge in [0.05, 0.1) is 11.8 Å². The minimum Gasteiger partial charge on any atom is -0.454 e. The Balaban J connectivity index is 1.49. The van der Waals surface area contributed by atoms with E-state index in [-0.39, 0.29) is 23.7 Å². The van der Waals surface area contributed by atoms with E-state index in [9.17, 15) is 19.2 Å². The summed E-state index contributed by atoms with van der Waals surface area (Å²) in [6.45, 7) is -0.929. The van der Waals surface area contributed by atoms with Gasteiger partial charge in [-0.1, -0.05) is 30.4 Å². The number of imide groups is 1. The van der Waals surface area contributed by atoms with Crippen molar-refractivity contribution in [3.63, 3.8) is 0 Å². The van der Waals surface area contributed by atoms with Crippen LogP contribution in [0.15, 0.2) is 42.5 Å². The molecule has 7 heteroatoms. The summed E-state index contributed by atoms with van der Waals surface area (Å²) in [5.41, 5.74) is 0.588. The van der Waals surface area contributed by atoms with E-state index in [0.717, 1.165) is 4.90 Å². The number of fused-ring (bicyclic) bond motifs is 1. The van der Waals surface area contributed by atoms with Crippen LogP contribution in [-0.4, -0.2) is 41.7 Å². The molecule has 1 saturated heterocycles. The Bertz CT molecular complexity index is 702. The van der Waals surface area contributed by atoms with Crippen LogP contribution in [-0.2, 0) is 23.9 Å². The first-order chi connectivity index (χ1) is 12.1. The Labute approximate surface area is 144 Å². The fourth-order valence-corrected chi connectivity index (χ4v) is 3.06. The number of nitrogens with one attached hydrogen (secondary N) is 1. The van der Waals surface area contributed by atoms with Gasteiger partial charge in [0.2, 0.25) is 11.8 Å². The molecule has 1 aliphatic heterocycles. The van der Waals surface area contributed by atoms with Gasteiger partial charge in [-0.15, -0.1) is 0 Å². The molecule has 1 aliphatic carbocycles. The normalized spacial score (nSPS) is 21.8. The number of nitrogens with zero attached hydrogens (tertiary/aromatic N) is 1. The van der Waals surface area contributed by atoms with E-state index in [4.69, 9.17) is 4.74 Å². The maximum atomic E-state index is 12.2. The molecule has 1 heterocycles. The number of rotatable bonds is 5. The Morgan fingerprint density at radius 2 is 1.64 bits per heavy atom. The first-order valence-electron chi connectivity index (χ1n) is 8.07. The molecule has 0 unspecified atom stereocenters. The lowest BCUT2D eigenvalue weighted by Crippen LogP contribution is -2.37. The number of amides is 3. The largest absolute Gasteiger partial charge is 0.454 e. The van der Waals surface area contributed by atoms with E-state index < -0.39 is 25.0 Å². The van der Waals surface area contributed by atoms with Crippen LogP contribution >= 0.6 is 0 Å². The van der Waals surface area contributed by atoms with Gasteiger partial charge in [0.25, 0.3) is 5.91 Å². The highest BCUT2D eigenvalue weighted by atomic mass is 16.5. The Hall–Kier alpha value is -2.96. The number of hydrogen-bond donors (Lipinski definition) is 1. The molecule has 2 aliphatic rings. The third kappa shape index (κ3) is 3.76. The first-order valence-corrected chi connectivity index (χ1v) is 8.07. The van der Waals surface area contributed by atoms with Crippen molar-refractivity contribution in [3.05, 3.63) is 42.5 Å². The second kappa shape index (κ2) is 7.29. The predicted octanol–water partition coefficient (Wildman–Crippen LogP) is 1.12. The summed E-state index contributed by atoms with van der Waals surface area (Å²) in [6.07, 6.45) is 4.78. The Morgan fingerprint density at radius 1 is 1.04 bits per heavy atom. The molecule has 7 nitrogen and oxygen atoms in total. The molecule has 0 aromatic heterocycles. The van der Waals surface area contributed by atoms with Crippen molar-refractivity contribution >= 4 is 29.4 Å². The molecule has 0 saturated carbocycles. The topological polar surface area (TPSA) is 92.8 Å². The van der Waals surface area contributed by atoms with Crippen LogP contribution in [0.2, 0.25) is 0 Å². The molecule has 25 heavy (non-hydrogen) atoms. The highest BCUT2D eigenvalue weighted by Gasteiger charge is 2.47. The highest BCUT2D eigenvalue weighted by molar-refractivity contribution is 6.07. The van der Waals surface area contributed by atoms with Crippen molar-refractivity contribution in [1.29, 1.82) is 0 Å². The Morgan fingerprint density at radius 3 is 2.24 bits per heavy atom. The van der Waals surface area contributed by atoms with Gasteiger partial charge in [0.1, 0.15) is 6.54 Å². The summed E-state index contributed by atoms with van der Waals surface area (Å²) in [5, 5.41) is 2.58. The van der Waals surface area contributed by atoms with Crippen LogP contribution in [0.25, 0.3) is 0 Å². The van der Waals surface area contributed by atoms with Gasteiger partial charge in [-0.2, -0.15) is 0 Å². The Kier molecular flexibility index (Phi) is 4.92. The van der Waals surface area contributed by atoms with Crippen LogP contribution in [0.3, 0.4) is 0 Å². The number of likely N-dealkylation sites (tertiary alicyclic amines) is 1. The fraction of sp³-hybridized carbons (Fsp3) is 0.333. The molecular weight excluding hydrogens is 324 g/mol. The van der Waals surface area contributed by atoms with Crippen molar-refractivity contribution < 1.29 is 23.9 Å². The number of esters is 1. The van der Waals surface area contributed by atoms with Crippen molar-refractivity contribution in [2.75, 3.05) is 18.5 Å². The quantitative estimate of drug-likeness (QED) is 0.492. The van der Waals surface area contributed by atoms with Crippen molar-refractivity contribution in [3.8, 4) is 0 Å². The van der Waals surface area contributed by atoms with Crippen LogP contribution in [0.1, 0.15) is 12.8 Å². The smallest absolute Gasteiger partial charge is 0.326 e. The van der Waals surface area contributed by atoms with E-state index in [1.165, 1.54) is 0 Å². The monoisotopic (exact) mass is 342 g/mol. The standard InChI is InChI=1S/C18H18N2O5/c21-15(19-12-6-2-1-3-7-12)11-25-16(22)10-20-17(23)13-8-4-5-9-14(13)18(20)24/h1-7,13-14H,8-11H2,(H,19,21)/t13-,14-/m1/s1. The van der Waals surface area contributed by atoms with E-state index in [0.29, 0.717) is 18.5 Å². The van der Waals surface area contributed by atoms with Gasteiger partial charge in [0, 0.05) is 5.69 Å². The second-order valence-corrected chi connectivity index (χ2v) is 5.99. The molecule has 0 radical (unpaired) electrons. The lowest BCUT2D eigenvalue weighted by Gasteiger charge is -2.14. The molecule has 130 valence electrons. The first kappa shape index (κ1) is 16.9. The van der Waals surface area contributed by atoms with Crippen LogP contribution in [0.5, 0.6) is 0 Å². The van der Waals surface area contributed by atoms with Gasteiger partial charge in [-0.3, -0.25) is 24.1 Å². The molecule has 1 N–H and O–H groups in total. The molecule has 1 fully saturated rings. The number of benzene rings is 1. The molecule has 3 rings (SSSR count). The zero-order valence-electron chi connectivity index (χ0n) is 13.5. The lowest BCUT2D eigenvalue weighted by molar-refractivity contribution is -0.154. The number of allylic oxidation sites excluding steroid dienone is 2. The average Bonchev–Trinajstić information content (AvgIpc) is 2.86. The summed E-state index contributed by atoms with van der Waals surface area (Å²) in [6, 6.07) is 8.75. The highest BCUT2D eigenvalue weighted by Crippen LogP contribution is 2.34. The minimum absolute atomic E-state index is 0.343. The molecule has 2 atom stereocenters. The van der Waals surface area contributed by atoms with Crippen LogP contribution in [0, 0.1) is 11.8 Å². The number of para-hydroxylation sites is 1. The lowest BCUT2D eigenvalue weighted by atomic mass is 9.85. The summed E-state index contributed by atoms with van der Waals surface area (Å²) in [7, 11) is 0. The van der Waals surface area contributed by atoms with Gasteiger partial charge >= 0.3 is 5.97 Å². The molecule has 0 bridgehead atoms. The number of carbonyl (C=O) groups is 4. The van der Waals surface area contributed by atoms with Gasteiger partial charge in [-0.05, 0) is 25.0 Å². The third-order valence-electron chi connectivity index (χ3n) is 4.31. The number of hydrogen-bond acceptors (Lipinski definition) is 5. The fourth-order valence-electron chi connectivity index (χ4n) is 3.06. The SMILES string of the molecule is O=C(COC(=O)CN1C(=O)[C@@H]2CC=CC[C@H]2C1=O)Nc1ccccc1.